The predicted octanol–water partition coefficient (Wildman–Crippen LogP) is 3.73. The third-order valence-corrected chi connectivity index (χ3v) is 2.47. The van der Waals surface area contributed by atoms with Crippen LogP contribution in [0.4, 0.5) is 0 Å². The molecule has 1 heterocycles. The number of alkyl halides is 1. The molecule has 2 aromatic rings. The van der Waals surface area contributed by atoms with Gasteiger partial charge in [0.25, 0.3) is 0 Å². The van der Waals surface area contributed by atoms with Crippen molar-refractivity contribution in [3.8, 4) is 11.3 Å². The molecule has 0 saturated heterocycles. The SMILES string of the molecule is ClCc1ncoc1-c1ccccc1Cl. The zero-order valence-corrected chi connectivity index (χ0v) is 8.72. The Hall–Kier alpha value is -0.990. The fourth-order valence-corrected chi connectivity index (χ4v) is 1.64. The van der Waals surface area contributed by atoms with Gasteiger partial charge in [-0.05, 0) is 12.1 Å². The van der Waals surface area contributed by atoms with Crippen LogP contribution in [0.25, 0.3) is 11.3 Å². The van der Waals surface area contributed by atoms with Crippen LogP contribution in [0.15, 0.2) is 35.1 Å². The van der Waals surface area contributed by atoms with E-state index in [1.54, 1.807) is 6.07 Å². The highest BCUT2D eigenvalue weighted by Crippen LogP contribution is 2.30. The number of aromatic nitrogens is 1. The summed E-state index contributed by atoms with van der Waals surface area (Å²) >= 11 is 11.7. The Morgan fingerprint density at radius 2 is 2.07 bits per heavy atom. The van der Waals surface area contributed by atoms with Crippen LogP contribution in [-0.4, -0.2) is 4.98 Å². The van der Waals surface area contributed by atoms with Gasteiger partial charge >= 0.3 is 0 Å². The number of nitrogens with zero attached hydrogens (tertiary/aromatic N) is 1. The summed E-state index contributed by atoms with van der Waals surface area (Å²) in [4.78, 5) is 3.99. The van der Waals surface area contributed by atoms with Crippen molar-refractivity contribution < 1.29 is 4.42 Å². The highest BCUT2D eigenvalue weighted by atomic mass is 35.5. The number of halogens is 2. The van der Waals surface area contributed by atoms with Crippen LogP contribution in [0.3, 0.4) is 0 Å². The number of hydrogen-bond acceptors (Lipinski definition) is 2. The fraction of sp³-hybridized carbons (Fsp3) is 0.100. The molecule has 0 amide bonds. The minimum Gasteiger partial charge on any atom is -0.443 e. The van der Waals surface area contributed by atoms with Gasteiger partial charge in [-0.1, -0.05) is 23.7 Å². The quantitative estimate of drug-likeness (QED) is 0.732. The molecule has 4 heteroatoms. The van der Waals surface area contributed by atoms with Gasteiger partial charge in [-0.25, -0.2) is 4.98 Å². The summed E-state index contributed by atoms with van der Waals surface area (Å²) in [6.07, 6.45) is 1.37. The molecule has 0 fully saturated rings. The van der Waals surface area contributed by atoms with E-state index in [0.29, 0.717) is 22.4 Å². The molecule has 0 spiro atoms. The van der Waals surface area contributed by atoms with E-state index in [1.807, 2.05) is 18.2 Å². The van der Waals surface area contributed by atoms with Crippen molar-refractivity contribution in [3.63, 3.8) is 0 Å². The second-order valence-corrected chi connectivity index (χ2v) is 3.42. The number of rotatable bonds is 2. The molecule has 2 nitrogen and oxygen atoms in total. The molecule has 1 aromatic carbocycles. The Balaban J connectivity index is 2.54. The lowest BCUT2D eigenvalue weighted by atomic mass is 10.1. The number of benzene rings is 1. The van der Waals surface area contributed by atoms with Crippen molar-refractivity contribution in [2.75, 3.05) is 0 Å². The average molecular weight is 228 g/mol. The lowest BCUT2D eigenvalue weighted by Gasteiger charge is -2.00. The second kappa shape index (κ2) is 4.03. The Bertz CT molecular complexity index is 439. The van der Waals surface area contributed by atoms with Gasteiger partial charge in [-0.3, -0.25) is 0 Å². The zero-order valence-electron chi connectivity index (χ0n) is 7.21. The second-order valence-electron chi connectivity index (χ2n) is 2.74. The molecule has 72 valence electrons. The topological polar surface area (TPSA) is 26.0 Å². The average Bonchev–Trinajstić information content (AvgIpc) is 2.66. The summed E-state index contributed by atoms with van der Waals surface area (Å²) in [6.45, 7) is 0. The van der Waals surface area contributed by atoms with Gasteiger partial charge in [-0.2, -0.15) is 0 Å². The molecule has 0 saturated carbocycles. The number of hydrogen-bond donors (Lipinski definition) is 0. The molecule has 2 rings (SSSR count). The smallest absolute Gasteiger partial charge is 0.181 e. The van der Waals surface area contributed by atoms with Crippen LogP contribution < -0.4 is 0 Å². The molecule has 0 bridgehead atoms. The standard InChI is InChI=1S/C10H7Cl2NO/c11-5-9-10(14-6-13-9)7-3-1-2-4-8(7)12/h1-4,6H,5H2. The van der Waals surface area contributed by atoms with Crippen LogP contribution >= 0.6 is 23.2 Å². The molecule has 0 atom stereocenters. The Labute approximate surface area is 91.5 Å². The molecule has 14 heavy (non-hydrogen) atoms. The monoisotopic (exact) mass is 227 g/mol. The third-order valence-electron chi connectivity index (χ3n) is 1.89. The van der Waals surface area contributed by atoms with Gasteiger partial charge in [-0.15, -0.1) is 11.6 Å². The van der Waals surface area contributed by atoms with E-state index >= 15 is 0 Å². The van der Waals surface area contributed by atoms with Crippen molar-refractivity contribution in [1.82, 2.24) is 4.98 Å². The van der Waals surface area contributed by atoms with Crippen LogP contribution in [0.5, 0.6) is 0 Å². The molecular weight excluding hydrogens is 221 g/mol. The molecule has 0 aliphatic heterocycles. The Morgan fingerprint density at radius 3 is 2.79 bits per heavy atom. The zero-order chi connectivity index (χ0) is 9.97. The molecule has 1 aromatic heterocycles. The summed E-state index contributed by atoms with van der Waals surface area (Å²) in [7, 11) is 0. The Kier molecular flexibility index (Phi) is 2.75. The van der Waals surface area contributed by atoms with Crippen LogP contribution in [-0.2, 0) is 5.88 Å². The van der Waals surface area contributed by atoms with E-state index in [2.05, 4.69) is 4.98 Å². The summed E-state index contributed by atoms with van der Waals surface area (Å²) in [6, 6.07) is 7.43. The maximum absolute atomic E-state index is 6.01. The minimum absolute atomic E-state index is 0.317. The maximum atomic E-state index is 6.01. The van der Waals surface area contributed by atoms with Gasteiger partial charge in [0.2, 0.25) is 0 Å². The molecule has 0 aliphatic rings. The molecule has 0 N–H and O–H groups in total. The summed E-state index contributed by atoms with van der Waals surface area (Å²) in [5, 5.41) is 0.635. The van der Waals surface area contributed by atoms with E-state index in [1.165, 1.54) is 6.39 Å². The van der Waals surface area contributed by atoms with Crippen molar-refractivity contribution in [1.29, 1.82) is 0 Å². The van der Waals surface area contributed by atoms with Gasteiger partial charge in [0.15, 0.2) is 12.2 Å². The van der Waals surface area contributed by atoms with Crippen molar-refractivity contribution in [3.05, 3.63) is 41.4 Å². The van der Waals surface area contributed by atoms with Crippen molar-refractivity contribution >= 4 is 23.2 Å². The van der Waals surface area contributed by atoms with E-state index in [0.717, 1.165) is 5.56 Å². The Morgan fingerprint density at radius 1 is 1.29 bits per heavy atom. The third kappa shape index (κ3) is 1.63. The van der Waals surface area contributed by atoms with E-state index < -0.39 is 0 Å². The highest BCUT2D eigenvalue weighted by molar-refractivity contribution is 6.33. The van der Waals surface area contributed by atoms with Gasteiger partial charge in [0.1, 0.15) is 5.69 Å². The molecule has 0 aliphatic carbocycles. The molecule has 0 unspecified atom stereocenters. The first-order chi connectivity index (χ1) is 6.83. The van der Waals surface area contributed by atoms with Gasteiger partial charge in [0.05, 0.1) is 10.9 Å². The van der Waals surface area contributed by atoms with E-state index in [-0.39, 0.29) is 0 Å². The molecular formula is C10H7Cl2NO. The van der Waals surface area contributed by atoms with E-state index in [4.69, 9.17) is 27.6 Å². The summed E-state index contributed by atoms with van der Waals surface area (Å²) in [5.41, 5.74) is 1.53. The van der Waals surface area contributed by atoms with Crippen molar-refractivity contribution in [2.24, 2.45) is 0 Å². The van der Waals surface area contributed by atoms with Crippen LogP contribution in [0.1, 0.15) is 5.69 Å². The largest absolute Gasteiger partial charge is 0.443 e. The van der Waals surface area contributed by atoms with Gasteiger partial charge in [0, 0.05) is 5.56 Å². The van der Waals surface area contributed by atoms with Gasteiger partial charge < -0.3 is 4.42 Å². The first-order valence-electron chi connectivity index (χ1n) is 4.06. The minimum atomic E-state index is 0.317. The number of oxazole rings is 1. The van der Waals surface area contributed by atoms with Crippen LogP contribution in [0.2, 0.25) is 5.02 Å². The highest BCUT2D eigenvalue weighted by Gasteiger charge is 2.11. The van der Waals surface area contributed by atoms with E-state index in [9.17, 15) is 0 Å². The fourth-order valence-electron chi connectivity index (χ4n) is 1.23. The normalized spacial score (nSPS) is 10.4. The predicted molar refractivity (Wildman–Crippen MR) is 56.5 cm³/mol. The lowest BCUT2D eigenvalue weighted by Crippen LogP contribution is -1.83. The first kappa shape index (κ1) is 9.56. The van der Waals surface area contributed by atoms with Crippen LogP contribution in [0, 0.1) is 0 Å². The first-order valence-corrected chi connectivity index (χ1v) is 4.97. The maximum Gasteiger partial charge on any atom is 0.181 e. The summed E-state index contributed by atoms with van der Waals surface area (Å²) in [5.74, 6) is 0.961. The lowest BCUT2D eigenvalue weighted by molar-refractivity contribution is 0.571. The summed E-state index contributed by atoms with van der Waals surface area (Å²) < 4.78 is 5.24. The van der Waals surface area contributed by atoms with Crippen molar-refractivity contribution in [2.45, 2.75) is 5.88 Å². The molecule has 0 radical (unpaired) electrons.